The number of aryl methyl sites for hydroxylation is 1. The summed E-state index contributed by atoms with van der Waals surface area (Å²) in [5, 5.41) is 9.79. The van der Waals surface area contributed by atoms with Gasteiger partial charge in [0.2, 0.25) is 0 Å². The molecule has 0 unspecified atom stereocenters. The highest BCUT2D eigenvalue weighted by atomic mass is 16.5. The standard InChI is InChI=1S/C25H26N4O5/c1-14(2)12-29-15(3)8-18(16(29)4)9-19(11-26)25(32)34-13-22-27-21-10-17(24(31)33-5)6-7-20(21)23(30)28-22/h6-10,14H,12-13H2,1-5H3,(H,27,28,30)/b19-9+. The monoisotopic (exact) mass is 462 g/mol. The number of carbonyl (C=O) groups excluding carboxylic acids is 2. The van der Waals surface area contributed by atoms with Crippen LogP contribution < -0.4 is 5.56 Å². The van der Waals surface area contributed by atoms with Gasteiger partial charge in [0.05, 0.1) is 23.6 Å². The van der Waals surface area contributed by atoms with Crippen LogP contribution in [0, 0.1) is 31.1 Å². The van der Waals surface area contributed by atoms with Gasteiger partial charge in [0, 0.05) is 17.9 Å². The quantitative estimate of drug-likeness (QED) is 0.324. The van der Waals surface area contributed by atoms with Crippen molar-refractivity contribution in [3.63, 3.8) is 0 Å². The number of ether oxygens (including phenoxy) is 2. The first-order valence-electron chi connectivity index (χ1n) is 10.7. The zero-order chi connectivity index (χ0) is 25.0. The second kappa shape index (κ2) is 10.2. The molecule has 0 saturated carbocycles. The predicted octanol–water partition coefficient (Wildman–Crippen LogP) is 3.43. The van der Waals surface area contributed by atoms with Crippen LogP contribution in [-0.2, 0) is 27.4 Å². The SMILES string of the molecule is COC(=O)c1ccc2c(=O)[nH]c(COC(=O)/C(C#N)=C/c3cc(C)n(CC(C)C)c3C)nc2c1. The number of nitriles is 1. The van der Waals surface area contributed by atoms with Crippen molar-refractivity contribution in [2.75, 3.05) is 7.11 Å². The third-order valence-electron chi connectivity index (χ3n) is 5.32. The Hall–Kier alpha value is -4.19. The van der Waals surface area contributed by atoms with E-state index in [0.29, 0.717) is 5.92 Å². The number of nitrogens with one attached hydrogen (secondary N) is 1. The zero-order valence-electron chi connectivity index (χ0n) is 19.8. The number of rotatable bonds is 7. The summed E-state index contributed by atoms with van der Waals surface area (Å²) in [5.41, 5.74) is 2.63. The first-order chi connectivity index (χ1) is 16.1. The van der Waals surface area contributed by atoms with Gasteiger partial charge in [0.25, 0.3) is 5.56 Å². The van der Waals surface area contributed by atoms with E-state index >= 15 is 0 Å². The second-order valence-corrected chi connectivity index (χ2v) is 8.31. The number of benzene rings is 1. The van der Waals surface area contributed by atoms with Gasteiger partial charge in [-0.3, -0.25) is 4.79 Å². The maximum Gasteiger partial charge on any atom is 0.349 e. The van der Waals surface area contributed by atoms with Crippen molar-refractivity contribution in [1.29, 1.82) is 5.26 Å². The number of methoxy groups -OCH3 is 1. The van der Waals surface area contributed by atoms with Crippen LogP contribution in [0.25, 0.3) is 17.0 Å². The third-order valence-corrected chi connectivity index (χ3v) is 5.32. The Balaban J connectivity index is 1.82. The summed E-state index contributed by atoms with van der Waals surface area (Å²) < 4.78 is 12.1. The van der Waals surface area contributed by atoms with E-state index in [2.05, 4.69) is 33.1 Å². The Bertz CT molecular complexity index is 1390. The van der Waals surface area contributed by atoms with E-state index < -0.39 is 17.5 Å². The van der Waals surface area contributed by atoms with Crippen LogP contribution in [0.2, 0.25) is 0 Å². The molecule has 0 atom stereocenters. The number of hydrogen-bond donors (Lipinski definition) is 1. The van der Waals surface area contributed by atoms with E-state index in [-0.39, 0.29) is 34.5 Å². The average molecular weight is 463 g/mol. The molecule has 0 aliphatic heterocycles. The maximum atomic E-state index is 12.6. The van der Waals surface area contributed by atoms with E-state index in [1.54, 1.807) is 0 Å². The molecular formula is C25H26N4O5. The van der Waals surface area contributed by atoms with E-state index in [9.17, 15) is 19.6 Å². The van der Waals surface area contributed by atoms with Crippen molar-refractivity contribution in [3.8, 4) is 6.07 Å². The van der Waals surface area contributed by atoms with Gasteiger partial charge in [0.1, 0.15) is 24.1 Å². The van der Waals surface area contributed by atoms with Gasteiger partial charge in [-0.1, -0.05) is 13.8 Å². The van der Waals surface area contributed by atoms with Crippen molar-refractivity contribution in [1.82, 2.24) is 14.5 Å². The maximum absolute atomic E-state index is 12.6. The van der Waals surface area contributed by atoms with E-state index in [0.717, 1.165) is 23.5 Å². The molecule has 0 spiro atoms. The summed E-state index contributed by atoms with van der Waals surface area (Å²) in [4.78, 5) is 43.5. The molecule has 176 valence electrons. The van der Waals surface area contributed by atoms with Gasteiger partial charge >= 0.3 is 11.9 Å². The predicted molar refractivity (Wildman–Crippen MR) is 126 cm³/mol. The van der Waals surface area contributed by atoms with Crippen LogP contribution in [-0.4, -0.2) is 33.6 Å². The molecule has 9 nitrogen and oxygen atoms in total. The fourth-order valence-electron chi connectivity index (χ4n) is 3.63. The van der Waals surface area contributed by atoms with Crippen molar-refractivity contribution in [2.45, 2.75) is 40.8 Å². The number of carbonyl (C=O) groups is 2. The Morgan fingerprint density at radius 3 is 2.65 bits per heavy atom. The summed E-state index contributed by atoms with van der Waals surface area (Å²) in [7, 11) is 1.25. The lowest BCUT2D eigenvalue weighted by molar-refractivity contribution is -0.139. The molecule has 0 bridgehead atoms. The molecular weight excluding hydrogens is 436 g/mol. The van der Waals surface area contributed by atoms with Crippen LogP contribution in [0.3, 0.4) is 0 Å². The normalized spacial score (nSPS) is 11.5. The summed E-state index contributed by atoms with van der Waals surface area (Å²) in [6.07, 6.45) is 1.50. The van der Waals surface area contributed by atoms with Crippen molar-refractivity contribution >= 4 is 28.9 Å². The first-order valence-corrected chi connectivity index (χ1v) is 10.7. The van der Waals surface area contributed by atoms with Gasteiger partial charge in [-0.2, -0.15) is 5.26 Å². The lowest BCUT2D eigenvalue weighted by atomic mass is 10.1. The van der Waals surface area contributed by atoms with Crippen molar-refractivity contribution in [2.24, 2.45) is 5.92 Å². The summed E-state index contributed by atoms with van der Waals surface area (Å²) in [6, 6.07) is 8.16. The highest BCUT2D eigenvalue weighted by Gasteiger charge is 2.16. The minimum atomic E-state index is -0.831. The molecule has 0 saturated heterocycles. The molecule has 34 heavy (non-hydrogen) atoms. The highest BCUT2D eigenvalue weighted by molar-refractivity contribution is 5.98. The molecule has 0 fully saturated rings. The minimum absolute atomic E-state index is 0.0836. The molecule has 2 heterocycles. The Labute approximate surface area is 196 Å². The summed E-state index contributed by atoms with van der Waals surface area (Å²) in [6.45, 7) is 8.63. The Kier molecular flexibility index (Phi) is 7.31. The van der Waals surface area contributed by atoms with Crippen molar-refractivity contribution < 1.29 is 19.1 Å². The lowest BCUT2D eigenvalue weighted by Gasteiger charge is -2.12. The van der Waals surface area contributed by atoms with Gasteiger partial charge in [-0.25, -0.2) is 14.6 Å². The smallest absolute Gasteiger partial charge is 0.349 e. The largest absolute Gasteiger partial charge is 0.465 e. The first kappa shape index (κ1) is 24.5. The molecule has 1 aromatic carbocycles. The van der Waals surface area contributed by atoms with Crippen LogP contribution in [0.15, 0.2) is 34.6 Å². The Morgan fingerprint density at radius 2 is 2.00 bits per heavy atom. The number of hydrogen-bond acceptors (Lipinski definition) is 7. The minimum Gasteiger partial charge on any atom is -0.465 e. The molecule has 0 aliphatic rings. The fraction of sp³-hybridized carbons (Fsp3) is 0.320. The number of aromatic amines is 1. The second-order valence-electron chi connectivity index (χ2n) is 8.31. The van der Waals surface area contributed by atoms with E-state index in [1.165, 1.54) is 31.4 Å². The van der Waals surface area contributed by atoms with Gasteiger partial charge < -0.3 is 19.0 Å². The molecule has 2 aromatic heterocycles. The number of aromatic nitrogens is 3. The van der Waals surface area contributed by atoms with Gasteiger partial charge in [-0.05, 0) is 55.7 Å². The highest BCUT2D eigenvalue weighted by Crippen LogP contribution is 2.20. The van der Waals surface area contributed by atoms with E-state index in [4.69, 9.17) is 4.74 Å². The number of nitrogens with zero attached hydrogens (tertiary/aromatic N) is 3. The molecule has 0 amide bonds. The molecule has 0 aliphatic carbocycles. The summed E-state index contributed by atoms with van der Waals surface area (Å²) >= 11 is 0. The lowest BCUT2D eigenvalue weighted by Crippen LogP contribution is -2.15. The van der Waals surface area contributed by atoms with Crippen LogP contribution >= 0.6 is 0 Å². The topological polar surface area (TPSA) is 127 Å². The van der Waals surface area contributed by atoms with Crippen LogP contribution in [0.5, 0.6) is 0 Å². The number of H-pyrrole nitrogens is 1. The average Bonchev–Trinajstić information content (AvgIpc) is 3.06. The van der Waals surface area contributed by atoms with Crippen LogP contribution in [0.4, 0.5) is 0 Å². The summed E-state index contributed by atoms with van der Waals surface area (Å²) in [5.74, 6) is -0.863. The van der Waals surface area contributed by atoms with Gasteiger partial charge in [0.15, 0.2) is 0 Å². The molecule has 1 N–H and O–H groups in total. The zero-order valence-corrected chi connectivity index (χ0v) is 19.8. The molecule has 3 aromatic rings. The number of fused-ring (bicyclic) bond motifs is 1. The number of esters is 2. The fourth-order valence-corrected chi connectivity index (χ4v) is 3.63. The van der Waals surface area contributed by atoms with Crippen LogP contribution in [0.1, 0.15) is 47.0 Å². The molecule has 9 heteroatoms. The Morgan fingerprint density at radius 1 is 1.26 bits per heavy atom. The van der Waals surface area contributed by atoms with E-state index in [1.807, 2.05) is 26.0 Å². The third kappa shape index (κ3) is 5.23. The molecule has 0 radical (unpaired) electrons. The van der Waals surface area contributed by atoms with Crippen molar-refractivity contribution in [3.05, 3.63) is 68.5 Å². The van der Waals surface area contributed by atoms with Gasteiger partial charge in [-0.15, -0.1) is 0 Å². The molecule has 3 rings (SSSR count).